The number of hydrogen-bond acceptors (Lipinski definition) is 4. The zero-order chi connectivity index (χ0) is 27.2. The molecule has 2 saturated carbocycles. The van der Waals surface area contributed by atoms with Crippen molar-refractivity contribution in [3.8, 4) is 0 Å². The third-order valence-electron chi connectivity index (χ3n) is 8.88. The Morgan fingerprint density at radius 1 is 0.923 bits per heavy atom. The molecule has 0 radical (unpaired) electrons. The zero-order valence-corrected chi connectivity index (χ0v) is 24.3. The Labute approximate surface area is 237 Å². The van der Waals surface area contributed by atoms with Crippen molar-refractivity contribution in [2.45, 2.75) is 90.9 Å². The predicted octanol–water partition coefficient (Wildman–Crippen LogP) is 9.39. The van der Waals surface area contributed by atoms with Gasteiger partial charge in [-0.05, 0) is 98.8 Å². The molecule has 2 aromatic carbocycles. The van der Waals surface area contributed by atoms with Gasteiger partial charge in [-0.3, -0.25) is 9.59 Å². The van der Waals surface area contributed by atoms with Crippen molar-refractivity contribution in [2.75, 3.05) is 5.32 Å². The first-order valence-corrected chi connectivity index (χ1v) is 15.9. The first-order valence-electron chi connectivity index (χ1n) is 15.0. The van der Waals surface area contributed by atoms with Gasteiger partial charge in [-0.15, -0.1) is 11.3 Å². The van der Waals surface area contributed by atoms with E-state index in [-0.39, 0.29) is 11.8 Å². The predicted molar refractivity (Wildman–Crippen MR) is 163 cm³/mol. The quantitative estimate of drug-likeness (QED) is 0.308. The topological polar surface area (TPSA) is 59.1 Å². The van der Waals surface area contributed by atoms with Gasteiger partial charge in [-0.1, -0.05) is 57.2 Å². The van der Waals surface area contributed by atoms with Crippen LogP contribution < -0.4 is 5.32 Å². The number of aromatic nitrogens is 1. The number of aryl methyl sites for hydroxylation is 1. The molecular formula is C34H42N2O2S. The van der Waals surface area contributed by atoms with Crippen LogP contribution in [0.4, 0.5) is 5.69 Å². The Hall–Kier alpha value is -2.79. The molecule has 1 amide bonds. The van der Waals surface area contributed by atoms with Crippen LogP contribution in [0.1, 0.15) is 105 Å². The summed E-state index contributed by atoms with van der Waals surface area (Å²) in [6.45, 7) is 4.40. The van der Waals surface area contributed by atoms with Crippen molar-refractivity contribution in [1.82, 2.24) is 4.98 Å². The van der Waals surface area contributed by atoms with E-state index in [1.807, 2.05) is 24.3 Å². The summed E-state index contributed by atoms with van der Waals surface area (Å²) in [5.41, 5.74) is 8.01. The molecule has 0 saturated heterocycles. The molecule has 2 fully saturated rings. The second kappa shape index (κ2) is 13.0. The molecule has 206 valence electrons. The number of hydrogen-bond donors (Lipinski definition) is 1. The Morgan fingerprint density at radius 3 is 2.36 bits per heavy atom. The van der Waals surface area contributed by atoms with E-state index >= 15 is 0 Å². The van der Waals surface area contributed by atoms with Crippen molar-refractivity contribution in [3.05, 3.63) is 64.7 Å². The Morgan fingerprint density at radius 2 is 1.62 bits per heavy atom. The third-order valence-corrected chi connectivity index (χ3v) is 9.75. The van der Waals surface area contributed by atoms with Crippen LogP contribution in [-0.2, 0) is 4.79 Å². The lowest BCUT2D eigenvalue weighted by molar-refractivity contribution is -0.127. The first kappa shape index (κ1) is 27.8. The molecule has 5 rings (SSSR count). The van der Waals surface area contributed by atoms with Crippen LogP contribution in [0.15, 0.2) is 48.0 Å². The number of allylic oxidation sites excluding steroid dienone is 2. The number of rotatable bonds is 8. The van der Waals surface area contributed by atoms with Gasteiger partial charge in [-0.2, -0.15) is 0 Å². The molecule has 1 N–H and O–H groups in total. The standard InChI is InChI=1S/C34H42N2O2S/c1-3-4-14-28(24-10-5-6-13-26(19-18-24)32(37)25-11-7-8-12-25)30-21-27(20-17-23(30)2)36-34(38)29-15-9-16-31-33(29)39-22-35-31/h9,14-17,20-22,24-26H,3-8,10-13,18-19H2,1-2H3,(H,36,38)/b28-14-. The molecule has 2 unspecified atom stereocenters. The molecule has 1 aromatic heterocycles. The van der Waals surface area contributed by atoms with Gasteiger partial charge in [0.2, 0.25) is 0 Å². The number of carbonyl (C=O) groups excluding carboxylic acids is 2. The van der Waals surface area contributed by atoms with Crippen LogP contribution in [0.25, 0.3) is 15.8 Å². The molecule has 4 nitrogen and oxygen atoms in total. The van der Waals surface area contributed by atoms with Gasteiger partial charge in [-0.25, -0.2) is 4.98 Å². The number of nitrogens with zero attached hydrogens (tertiary/aromatic N) is 1. The highest BCUT2D eigenvalue weighted by atomic mass is 32.1. The second-order valence-electron chi connectivity index (χ2n) is 11.6. The van der Waals surface area contributed by atoms with E-state index in [4.69, 9.17) is 0 Å². The van der Waals surface area contributed by atoms with Crippen molar-refractivity contribution < 1.29 is 9.59 Å². The maximum Gasteiger partial charge on any atom is 0.257 e. The summed E-state index contributed by atoms with van der Waals surface area (Å²) in [7, 11) is 0. The highest BCUT2D eigenvalue weighted by Crippen LogP contribution is 2.40. The molecule has 2 aliphatic carbocycles. The van der Waals surface area contributed by atoms with E-state index in [1.165, 1.54) is 53.7 Å². The number of Topliss-reactive ketones (excluding diaryl/α,β-unsaturated/α-hetero) is 1. The van der Waals surface area contributed by atoms with E-state index in [1.54, 1.807) is 5.51 Å². The summed E-state index contributed by atoms with van der Waals surface area (Å²) in [5, 5.41) is 3.17. The average molecular weight is 543 g/mol. The van der Waals surface area contributed by atoms with Crippen molar-refractivity contribution in [2.24, 2.45) is 17.8 Å². The fourth-order valence-corrected chi connectivity index (χ4v) is 7.48. The first-order chi connectivity index (χ1) is 19.0. The number of ketones is 1. The number of anilines is 1. The van der Waals surface area contributed by atoms with Crippen LogP contribution in [0.5, 0.6) is 0 Å². The van der Waals surface area contributed by atoms with E-state index in [9.17, 15) is 9.59 Å². The highest BCUT2D eigenvalue weighted by molar-refractivity contribution is 7.17. The fourth-order valence-electron chi connectivity index (χ4n) is 6.68. The number of benzene rings is 2. The molecule has 2 atom stereocenters. The van der Waals surface area contributed by atoms with Crippen molar-refractivity contribution in [3.63, 3.8) is 0 Å². The SMILES string of the molecule is CCC/C=C(\c1cc(NC(=O)c2cccc3ncsc23)ccc1C)C1CCCCC(C(=O)C2CCCC2)CC1. The third kappa shape index (κ3) is 6.51. The summed E-state index contributed by atoms with van der Waals surface area (Å²) >= 11 is 1.50. The lowest BCUT2D eigenvalue weighted by atomic mass is 9.76. The van der Waals surface area contributed by atoms with Gasteiger partial charge in [0.15, 0.2) is 0 Å². The van der Waals surface area contributed by atoms with Crippen LogP contribution in [0, 0.1) is 24.7 Å². The van der Waals surface area contributed by atoms with Gasteiger partial charge in [0.25, 0.3) is 5.91 Å². The lowest BCUT2D eigenvalue weighted by Crippen LogP contribution is -2.24. The molecule has 0 bridgehead atoms. The smallest absolute Gasteiger partial charge is 0.257 e. The molecule has 0 spiro atoms. The number of carbonyl (C=O) groups is 2. The van der Waals surface area contributed by atoms with Crippen molar-refractivity contribution >= 4 is 44.5 Å². The Bertz CT molecular complexity index is 1330. The van der Waals surface area contributed by atoms with Crippen molar-refractivity contribution in [1.29, 1.82) is 0 Å². The molecule has 39 heavy (non-hydrogen) atoms. The fraction of sp³-hybridized carbons (Fsp3) is 0.500. The molecule has 0 aliphatic heterocycles. The summed E-state index contributed by atoms with van der Waals surface area (Å²) in [4.78, 5) is 30.9. The molecule has 2 aliphatic rings. The number of amides is 1. The van der Waals surface area contributed by atoms with Gasteiger partial charge < -0.3 is 5.32 Å². The van der Waals surface area contributed by atoms with E-state index in [2.05, 4.69) is 42.4 Å². The van der Waals surface area contributed by atoms with E-state index < -0.39 is 0 Å². The number of nitrogens with one attached hydrogen (secondary N) is 1. The minimum Gasteiger partial charge on any atom is -0.322 e. The minimum absolute atomic E-state index is 0.0991. The molecule has 3 aromatic rings. The summed E-state index contributed by atoms with van der Waals surface area (Å²) in [6.07, 6.45) is 15.9. The van der Waals surface area contributed by atoms with Gasteiger partial charge in [0.05, 0.1) is 21.3 Å². The minimum atomic E-state index is -0.0991. The van der Waals surface area contributed by atoms with E-state index in [0.29, 0.717) is 23.2 Å². The monoisotopic (exact) mass is 542 g/mol. The van der Waals surface area contributed by atoms with Crippen LogP contribution in [-0.4, -0.2) is 16.7 Å². The van der Waals surface area contributed by atoms with Gasteiger partial charge in [0.1, 0.15) is 5.78 Å². The lowest BCUT2D eigenvalue weighted by Gasteiger charge is -2.28. The Kier molecular flexibility index (Phi) is 9.28. The van der Waals surface area contributed by atoms with Crippen LogP contribution in [0.2, 0.25) is 0 Å². The molecular weight excluding hydrogens is 500 g/mol. The Balaban J connectivity index is 1.37. The normalized spacial score (nSPS) is 21.0. The summed E-state index contributed by atoms with van der Waals surface area (Å²) in [5.74, 6) is 1.47. The molecule has 5 heteroatoms. The zero-order valence-electron chi connectivity index (χ0n) is 23.5. The van der Waals surface area contributed by atoms with Crippen LogP contribution in [0.3, 0.4) is 0 Å². The second-order valence-corrected chi connectivity index (χ2v) is 12.4. The summed E-state index contributed by atoms with van der Waals surface area (Å²) < 4.78 is 0.919. The average Bonchev–Trinajstić information content (AvgIpc) is 3.63. The van der Waals surface area contributed by atoms with Gasteiger partial charge in [0, 0.05) is 17.5 Å². The highest BCUT2D eigenvalue weighted by Gasteiger charge is 2.31. The number of fused-ring (bicyclic) bond motifs is 1. The van der Waals surface area contributed by atoms with E-state index in [0.717, 1.165) is 67.3 Å². The largest absolute Gasteiger partial charge is 0.322 e. The number of unbranched alkanes of at least 4 members (excludes halogenated alkanes) is 1. The maximum absolute atomic E-state index is 13.3. The number of thiazole rings is 1. The maximum atomic E-state index is 13.3. The summed E-state index contributed by atoms with van der Waals surface area (Å²) in [6, 6.07) is 12.0. The molecule has 1 heterocycles. The van der Waals surface area contributed by atoms with Crippen LogP contribution >= 0.6 is 11.3 Å². The van der Waals surface area contributed by atoms with Gasteiger partial charge >= 0.3 is 0 Å².